The number of hydrogen-bond acceptors (Lipinski definition) is 8. The van der Waals surface area contributed by atoms with Gasteiger partial charge in [-0.3, -0.25) is 23.5 Å². The second kappa shape index (κ2) is 7.99. The van der Waals surface area contributed by atoms with E-state index in [-0.39, 0.29) is 23.2 Å². The summed E-state index contributed by atoms with van der Waals surface area (Å²) in [6, 6.07) is -0.987. The van der Waals surface area contributed by atoms with Crippen molar-refractivity contribution in [2.24, 2.45) is 0 Å². The fourth-order valence-electron chi connectivity index (χ4n) is 3.19. The number of amides is 2. The number of rotatable bonds is 6. The minimum Gasteiger partial charge on any atom is -0.477 e. The molecule has 0 radical (unpaired) electrons. The van der Waals surface area contributed by atoms with E-state index in [1.165, 1.54) is 48.9 Å². The maximum Gasteiger partial charge on any atom is 0.352 e. The number of ether oxygens (including phenoxy) is 1. The Kier molecular flexibility index (Phi) is 5.80. The van der Waals surface area contributed by atoms with Crippen LogP contribution in [0, 0.1) is 0 Å². The molecule has 3 atom stereocenters. The first-order chi connectivity index (χ1) is 13.6. The third-order valence-corrected chi connectivity index (χ3v) is 6.47. The van der Waals surface area contributed by atoms with Crippen LogP contribution in [0.3, 0.4) is 0 Å². The average molecular weight is 442 g/mol. The Labute approximate surface area is 172 Å². The van der Waals surface area contributed by atoms with Crippen LogP contribution in [-0.2, 0) is 34.7 Å². The van der Waals surface area contributed by atoms with Crippen LogP contribution in [0.1, 0.15) is 13.8 Å². The van der Waals surface area contributed by atoms with Crippen LogP contribution < -0.4 is 5.01 Å². The van der Waals surface area contributed by atoms with Crippen LogP contribution in [0.5, 0.6) is 0 Å². The number of carboxylic acids is 1. The average Bonchev–Trinajstić information content (AvgIpc) is 3.12. The molecular formula is C16H18N4O7S2. The second-order valence-electron chi connectivity index (χ2n) is 6.26. The summed E-state index contributed by atoms with van der Waals surface area (Å²) >= 11 is 1.25. The van der Waals surface area contributed by atoms with Gasteiger partial charge >= 0.3 is 11.9 Å². The summed E-state index contributed by atoms with van der Waals surface area (Å²) in [6.45, 7) is 2.23. The zero-order valence-electron chi connectivity index (χ0n) is 15.7. The molecule has 1 aromatic heterocycles. The predicted molar refractivity (Wildman–Crippen MR) is 102 cm³/mol. The fraction of sp³-hybridized carbons (Fsp3) is 0.438. The third-order valence-electron chi connectivity index (χ3n) is 4.34. The van der Waals surface area contributed by atoms with Crippen LogP contribution in [0.25, 0.3) is 0 Å². The molecule has 156 valence electrons. The van der Waals surface area contributed by atoms with Gasteiger partial charge in [0.25, 0.3) is 5.91 Å². The lowest BCUT2D eigenvalue weighted by molar-refractivity contribution is -0.150. The number of β-lactam (4-membered cyclic amide) rings is 1. The smallest absolute Gasteiger partial charge is 0.352 e. The predicted octanol–water partition coefficient (Wildman–Crippen LogP) is -0.709. The van der Waals surface area contributed by atoms with Gasteiger partial charge in [0.1, 0.15) is 17.7 Å². The van der Waals surface area contributed by atoms with Gasteiger partial charge in [0, 0.05) is 43.8 Å². The molecule has 3 unspecified atom stereocenters. The molecule has 0 aromatic carbocycles. The number of aliphatic carboxylic acids is 1. The van der Waals surface area contributed by atoms with E-state index in [0.29, 0.717) is 5.57 Å². The molecule has 0 bridgehead atoms. The Balaban J connectivity index is 1.95. The highest BCUT2D eigenvalue weighted by Crippen LogP contribution is 2.42. The van der Waals surface area contributed by atoms with Crippen LogP contribution in [0.2, 0.25) is 0 Å². The highest BCUT2D eigenvalue weighted by molar-refractivity contribution is 8.00. The van der Waals surface area contributed by atoms with Gasteiger partial charge in [-0.1, -0.05) is 0 Å². The van der Waals surface area contributed by atoms with E-state index in [1.54, 1.807) is 0 Å². The number of carboxylic acid groups (broad SMARTS) is 1. The quantitative estimate of drug-likeness (QED) is 0.447. The fourth-order valence-corrected chi connectivity index (χ4v) is 5.18. The van der Waals surface area contributed by atoms with Gasteiger partial charge < -0.3 is 9.84 Å². The third kappa shape index (κ3) is 3.67. The van der Waals surface area contributed by atoms with Crippen molar-refractivity contribution in [3.8, 4) is 0 Å². The van der Waals surface area contributed by atoms with Gasteiger partial charge in [0.05, 0.1) is 10.8 Å². The summed E-state index contributed by atoms with van der Waals surface area (Å²) in [5.74, 6) is -2.76. The molecule has 0 aliphatic carbocycles. The Morgan fingerprint density at radius 2 is 2.10 bits per heavy atom. The van der Waals surface area contributed by atoms with Crippen molar-refractivity contribution in [2.75, 3.05) is 23.6 Å². The zero-order chi connectivity index (χ0) is 21.5. The molecule has 1 N–H and O–H groups in total. The molecule has 11 nitrogen and oxygen atoms in total. The summed E-state index contributed by atoms with van der Waals surface area (Å²) in [4.78, 5) is 53.2. The number of hydrogen-bond donors (Lipinski definition) is 1. The van der Waals surface area contributed by atoms with Gasteiger partial charge in [-0.15, -0.1) is 11.8 Å². The maximum absolute atomic E-state index is 12.9. The van der Waals surface area contributed by atoms with Crippen molar-refractivity contribution in [1.29, 1.82) is 0 Å². The van der Waals surface area contributed by atoms with Crippen molar-refractivity contribution in [3.05, 3.63) is 23.7 Å². The number of fused-ring (bicyclic) bond motifs is 1. The summed E-state index contributed by atoms with van der Waals surface area (Å²) < 4.78 is 18.1. The minimum atomic E-state index is -1.51. The molecule has 0 saturated carbocycles. The van der Waals surface area contributed by atoms with E-state index in [2.05, 4.69) is 4.98 Å². The molecule has 29 heavy (non-hydrogen) atoms. The number of imidazole rings is 1. The topological polar surface area (TPSA) is 139 Å². The Morgan fingerprint density at radius 1 is 1.41 bits per heavy atom. The van der Waals surface area contributed by atoms with E-state index < -0.39 is 46.0 Å². The number of carbonyl (C=O) groups is 4. The van der Waals surface area contributed by atoms with Crippen LogP contribution in [0.15, 0.2) is 28.8 Å². The molecule has 2 aliphatic heterocycles. The summed E-state index contributed by atoms with van der Waals surface area (Å²) in [6.07, 6.45) is 4.18. The van der Waals surface area contributed by atoms with E-state index in [4.69, 9.17) is 4.74 Å². The van der Waals surface area contributed by atoms with Crippen molar-refractivity contribution in [1.82, 2.24) is 14.6 Å². The Hall–Kier alpha value is -2.67. The summed E-state index contributed by atoms with van der Waals surface area (Å²) in [5.41, 5.74) is 0.0535. The van der Waals surface area contributed by atoms with Gasteiger partial charge in [0.2, 0.25) is 11.1 Å². The molecule has 0 spiro atoms. The standard InChI is InChI=1S/C16H18N4O7S2/c1-8(21)20(18-5-4-17-16(18)29(3)26)12-13(23)19-11(15(24)25)10(6-27-9(2)22)7-28-14(12)19/h4-5,12,14H,6-7H2,1-3H3,(H,24,25). The van der Waals surface area contributed by atoms with Crippen LogP contribution >= 0.6 is 11.8 Å². The lowest BCUT2D eigenvalue weighted by Crippen LogP contribution is -2.73. The van der Waals surface area contributed by atoms with Crippen LogP contribution in [-0.4, -0.2) is 77.7 Å². The number of carbonyl (C=O) groups excluding carboxylic acids is 3. The number of nitrogens with zero attached hydrogens (tertiary/aromatic N) is 4. The Morgan fingerprint density at radius 3 is 2.66 bits per heavy atom. The lowest BCUT2D eigenvalue weighted by Gasteiger charge is -2.52. The van der Waals surface area contributed by atoms with Crippen LogP contribution in [0.4, 0.5) is 0 Å². The van der Waals surface area contributed by atoms with Gasteiger partial charge in [0.15, 0.2) is 6.04 Å². The molecule has 2 amide bonds. The number of aromatic nitrogens is 2. The van der Waals surface area contributed by atoms with Crippen molar-refractivity contribution < 1.29 is 33.2 Å². The van der Waals surface area contributed by atoms with E-state index in [1.807, 2.05) is 0 Å². The lowest BCUT2D eigenvalue weighted by atomic mass is 10.0. The molecule has 3 heterocycles. The monoisotopic (exact) mass is 442 g/mol. The molecule has 2 aliphatic rings. The zero-order valence-corrected chi connectivity index (χ0v) is 17.4. The Bertz CT molecular complexity index is 957. The first kappa shape index (κ1) is 21.0. The first-order valence-electron chi connectivity index (χ1n) is 8.35. The largest absolute Gasteiger partial charge is 0.477 e. The number of esters is 1. The second-order valence-corrected chi connectivity index (χ2v) is 8.64. The summed E-state index contributed by atoms with van der Waals surface area (Å²) in [7, 11) is -1.51. The molecule has 1 saturated heterocycles. The SMILES string of the molecule is CC(=O)OCC1=C(C(=O)O)N2C(=O)C(N(C(C)=O)n3ccnc3S(C)=O)C2SC1. The maximum atomic E-state index is 12.9. The molecule has 1 aromatic rings. The summed E-state index contributed by atoms with van der Waals surface area (Å²) in [5, 5.41) is 10.2. The molecule has 13 heteroatoms. The minimum absolute atomic E-state index is 0.0943. The normalized spacial score (nSPS) is 21.9. The van der Waals surface area contributed by atoms with E-state index in [0.717, 1.165) is 9.91 Å². The van der Waals surface area contributed by atoms with E-state index >= 15 is 0 Å². The van der Waals surface area contributed by atoms with Crippen molar-refractivity contribution in [2.45, 2.75) is 30.4 Å². The molecule has 3 rings (SSSR count). The van der Waals surface area contributed by atoms with Crippen molar-refractivity contribution in [3.63, 3.8) is 0 Å². The van der Waals surface area contributed by atoms with Gasteiger partial charge in [-0.2, -0.15) is 0 Å². The van der Waals surface area contributed by atoms with Gasteiger partial charge in [-0.25, -0.2) is 19.5 Å². The molecular weight excluding hydrogens is 424 g/mol. The number of thioether (sulfide) groups is 1. The highest BCUT2D eigenvalue weighted by atomic mass is 32.2. The first-order valence-corrected chi connectivity index (χ1v) is 11.0. The van der Waals surface area contributed by atoms with Crippen molar-refractivity contribution >= 4 is 46.3 Å². The molecule has 1 fully saturated rings. The van der Waals surface area contributed by atoms with E-state index in [9.17, 15) is 28.5 Å². The van der Waals surface area contributed by atoms with Gasteiger partial charge in [-0.05, 0) is 0 Å². The highest BCUT2D eigenvalue weighted by Gasteiger charge is 2.57.